The van der Waals surface area contributed by atoms with Crippen molar-refractivity contribution < 1.29 is 13.6 Å². The fourth-order valence-corrected chi connectivity index (χ4v) is 1.63. The van der Waals surface area contributed by atoms with E-state index in [1.807, 2.05) is 0 Å². The zero-order valence-corrected chi connectivity index (χ0v) is 9.78. The lowest BCUT2D eigenvalue weighted by molar-refractivity contribution is 0.100. The van der Waals surface area contributed by atoms with Crippen molar-refractivity contribution in [3.63, 3.8) is 0 Å². The summed E-state index contributed by atoms with van der Waals surface area (Å²) in [6.07, 6.45) is 0. The summed E-state index contributed by atoms with van der Waals surface area (Å²) in [7, 11) is 0. The number of hydrogen-bond donors (Lipinski definition) is 3. The number of nitrogen functional groups attached to an aromatic ring is 1. The second kappa shape index (κ2) is 4.93. The first kappa shape index (κ1) is 12.8. The smallest absolute Gasteiger partial charge is 0.250 e. The highest BCUT2D eigenvalue weighted by Crippen LogP contribution is 2.26. The lowest BCUT2D eigenvalue weighted by Gasteiger charge is -2.12. The van der Waals surface area contributed by atoms with Crippen LogP contribution in [0.4, 0.5) is 25.8 Å². The van der Waals surface area contributed by atoms with Crippen LogP contribution < -0.4 is 16.8 Å². The number of primary amides is 1. The predicted octanol–water partition coefficient (Wildman–Crippen LogP) is 2.39. The van der Waals surface area contributed by atoms with E-state index < -0.39 is 17.5 Å². The molecule has 5 N–H and O–H groups in total. The molecule has 0 saturated heterocycles. The summed E-state index contributed by atoms with van der Waals surface area (Å²) in [5.41, 5.74) is 10.9. The van der Waals surface area contributed by atoms with Gasteiger partial charge in [-0.2, -0.15) is 0 Å². The average Bonchev–Trinajstić information content (AvgIpc) is 2.35. The van der Waals surface area contributed by atoms with Crippen molar-refractivity contribution >= 4 is 23.0 Å². The molecule has 0 heterocycles. The standard InChI is InChI=1S/C13H11F2N3O/c14-9-2-1-3-10(15)12(9)18-11-5-4-7(16)6-8(11)13(17)19/h1-6,18H,16H2,(H2,17,19). The Balaban J connectivity index is 2.47. The SMILES string of the molecule is NC(=O)c1cc(N)ccc1Nc1c(F)cccc1F. The van der Waals surface area contributed by atoms with Gasteiger partial charge in [0.1, 0.15) is 17.3 Å². The van der Waals surface area contributed by atoms with Gasteiger partial charge in [-0.15, -0.1) is 0 Å². The number of nitrogens with one attached hydrogen (secondary N) is 1. The largest absolute Gasteiger partial charge is 0.399 e. The van der Waals surface area contributed by atoms with Crippen LogP contribution in [-0.4, -0.2) is 5.91 Å². The minimum atomic E-state index is -0.771. The van der Waals surface area contributed by atoms with E-state index in [-0.39, 0.29) is 16.9 Å². The van der Waals surface area contributed by atoms with E-state index in [0.717, 1.165) is 12.1 Å². The van der Waals surface area contributed by atoms with Gasteiger partial charge in [0.05, 0.1) is 11.3 Å². The number of amides is 1. The minimum absolute atomic E-state index is 0.0580. The third-order valence-electron chi connectivity index (χ3n) is 2.53. The fraction of sp³-hybridized carbons (Fsp3) is 0. The van der Waals surface area contributed by atoms with Gasteiger partial charge in [0.25, 0.3) is 5.91 Å². The molecule has 0 spiro atoms. The van der Waals surface area contributed by atoms with Crippen molar-refractivity contribution in [2.24, 2.45) is 5.73 Å². The minimum Gasteiger partial charge on any atom is -0.399 e. The van der Waals surface area contributed by atoms with Crippen LogP contribution in [0.3, 0.4) is 0 Å². The maximum atomic E-state index is 13.5. The van der Waals surface area contributed by atoms with Gasteiger partial charge in [-0.05, 0) is 30.3 Å². The van der Waals surface area contributed by atoms with Crippen molar-refractivity contribution in [2.45, 2.75) is 0 Å². The molecule has 0 fully saturated rings. The number of benzene rings is 2. The molecular formula is C13H11F2N3O. The molecular weight excluding hydrogens is 252 g/mol. The second-order valence-electron chi connectivity index (χ2n) is 3.89. The predicted molar refractivity (Wildman–Crippen MR) is 69.0 cm³/mol. The molecule has 0 aliphatic rings. The highest BCUT2D eigenvalue weighted by molar-refractivity contribution is 6.00. The fourth-order valence-electron chi connectivity index (χ4n) is 1.63. The van der Waals surface area contributed by atoms with Gasteiger partial charge in [-0.25, -0.2) is 8.78 Å². The molecule has 0 aromatic heterocycles. The lowest BCUT2D eigenvalue weighted by Crippen LogP contribution is -2.14. The Kier molecular flexibility index (Phi) is 3.33. The molecule has 0 aliphatic carbocycles. The van der Waals surface area contributed by atoms with Crippen LogP contribution in [-0.2, 0) is 0 Å². The van der Waals surface area contributed by atoms with Gasteiger partial charge in [0.2, 0.25) is 0 Å². The Morgan fingerprint density at radius 1 is 1.11 bits per heavy atom. The third-order valence-corrected chi connectivity index (χ3v) is 2.53. The van der Waals surface area contributed by atoms with Gasteiger partial charge in [0.15, 0.2) is 0 Å². The molecule has 2 aromatic carbocycles. The van der Waals surface area contributed by atoms with Gasteiger partial charge >= 0.3 is 0 Å². The number of halogens is 2. The number of anilines is 3. The number of nitrogens with two attached hydrogens (primary N) is 2. The molecule has 0 bridgehead atoms. The van der Waals surface area contributed by atoms with Crippen LogP contribution in [0.2, 0.25) is 0 Å². The van der Waals surface area contributed by atoms with Crippen LogP contribution in [0.1, 0.15) is 10.4 Å². The summed E-state index contributed by atoms with van der Waals surface area (Å²) in [6, 6.07) is 7.71. The van der Waals surface area contributed by atoms with Crippen molar-refractivity contribution in [3.05, 3.63) is 53.6 Å². The first-order valence-electron chi connectivity index (χ1n) is 5.39. The molecule has 2 aromatic rings. The molecule has 19 heavy (non-hydrogen) atoms. The second-order valence-corrected chi connectivity index (χ2v) is 3.89. The molecule has 0 aliphatic heterocycles. The zero-order valence-electron chi connectivity index (χ0n) is 9.78. The molecule has 0 saturated carbocycles. The molecule has 0 radical (unpaired) electrons. The summed E-state index contributed by atoms with van der Waals surface area (Å²) in [6.45, 7) is 0. The maximum absolute atomic E-state index is 13.5. The van der Waals surface area contributed by atoms with E-state index >= 15 is 0 Å². The Bertz CT molecular complexity index is 624. The van der Waals surface area contributed by atoms with E-state index in [9.17, 15) is 13.6 Å². The topological polar surface area (TPSA) is 81.1 Å². The average molecular weight is 263 g/mol. The zero-order chi connectivity index (χ0) is 14.0. The molecule has 4 nitrogen and oxygen atoms in total. The first-order valence-corrected chi connectivity index (χ1v) is 5.39. The summed E-state index contributed by atoms with van der Waals surface area (Å²) in [5, 5.41) is 2.51. The molecule has 0 unspecified atom stereocenters. The molecule has 1 amide bonds. The van der Waals surface area contributed by atoms with Gasteiger partial charge in [-0.3, -0.25) is 4.79 Å². The molecule has 98 valence electrons. The monoisotopic (exact) mass is 263 g/mol. The third kappa shape index (κ3) is 2.62. The highest BCUT2D eigenvalue weighted by Gasteiger charge is 2.13. The highest BCUT2D eigenvalue weighted by atomic mass is 19.1. The quantitative estimate of drug-likeness (QED) is 0.744. The van der Waals surface area contributed by atoms with E-state index in [4.69, 9.17) is 11.5 Å². The number of carbonyl (C=O) groups excluding carboxylic acids is 1. The van der Waals surface area contributed by atoms with Gasteiger partial charge in [-0.1, -0.05) is 6.07 Å². The Morgan fingerprint density at radius 3 is 2.32 bits per heavy atom. The summed E-state index contributed by atoms with van der Waals surface area (Å²) >= 11 is 0. The van der Waals surface area contributed by atoms with E-state index in [1.165, 1.54) is 24.3 Å². The van der Waals surface area contributed by atoms with Crippen molar-refractivity contribution in [1.29, 1.82) is 0 Å². The van der Waals surface area contributed by atoms with Gasteiger partial charge < -0.3 is 16.8 Å². The first-order chi connectivity index (χ1) is 8.99. The summed E-state index contributed by atoms with van der Waals surface area (Å²) in [5.74, 6) is -2.29. The van der Waals surface area contributed by atoms with Crippen LogP contribution >= 0.6 is 0 Å². The van der Waals surface area contributed by atoms with Crippen molar-refractivity contribution in [3.8, 4) is 0 Å². The lowest BCUT2D eigenvalue weighted by atomic mass is 10.1. The van der Waals surface area contributed by atoms with Crippen LogP contribution in [0.25, 0.3) is 0 Å². The van der Waals surface area contributed by atoms with Crippen LogP contribution in [0, 0.1) is 11.6 Å². The molecule has 6 heteroatoms. The number of carbonyl (C=O) groups is 1. The van der Waals surface area contributed by atoms with Crippen LogP contribution in [0.5, 0.6) is 0 Å². The number of rotatable bonds is 3. The van der Waals surface area contributed by atoms with Crippen molar-refractivity contribution in [1.82, 2.24) is 0 Å². The normalized spacial score (nSPS) is 10.2. The van der Waals surface area contributed by atoms with Crippen molar-refractivity contribution in [2.75, 3.05) is 11.1 Å². The molecule has 0 atom stereocenters. The Labute approximate surface area is 108 Å². The number of para-hydroxylation sites is 1. The Morgan fingerprint density at radius 2 is 1.74 bits per heavy atom. The Hall–Kier alpha value is -2.63. The van der Waals surface area contributed by atoms with E-state index in [1.54, 1.807) is 0 Å². The summed E-state index contributed by atoms with van der Waals surface area (Å²) in [4.78, 5) is 11.3. The summed E-state index contributed by atoms with van der Waals surface area (Å²) < 4.78 is 27.0. The van der Waals surface area contributed by atoms with Gasteiger partial charge in [0, 0.05) is 5.69 Å². The van der Waals surface area contributed by atoms with Crippen LogP contribution in [0.15, 0.2) is 36.4 Å². The number of hydrogen-bond acceptors (Lipinski definition) is 3. The van der Waals surface area contributed by atoms with E-state index in [0.29, 0.717) is 5.69 Å². The van der Waals surface area contributed by atoms with E-state index in [2.05, 4.69) is 5.32 Å². The maximum Gasteiger partial charge on any atom is 0.250 e. The molecule has 2 rings (SSSR count).